The van der Waals surface area contributed by atoms with Gasteiger partial charge in [-0.1, -0.05) is 84.6 Å². The van der Waals surface area contributed by atoms with Crippen LogP contribution in [0.3, 0.4) is 0 Å². The lowest BCUT2D eigenvalue weighted by Crippen LogP contribution is -2.52. The minimum absolute atomic E-state index is 0.132. The highest BCUT2D eigenvalue weighted by Gasteiger charge is 2.32. The van der Waals surface area contributed by atoms with Crippen molar-refractivity contribution in [3.05, 3.63) is 105 Å². The fraction of sp³-hybridized carbons (Fsp3) is 0.333. The van der Waals surface area contributed by atoms with Crippen molar-refractivity contribution in [3.63, 3.8) is 0 Å². The van der Waals surface area contributed by atoms with Crippen LogP contribution in [-0.2, 0) is 28.3 Å². The number of carbonyl (C=O) groups is 2. The lowest BCUT2D eigenvalue weighted by Gasteiger charge is -2.32. The van der Waals surface area contributed by atoms with Crippen molar-refractivity contribution >= 4 is 46.8 Å². The molecular formula is C30H31Cl2FN2O2S. The average Bonchev–Trinajstić information content (AvgIpc) is 3.43. The largest absolute Gasteiger partial charge is 0.352 e. The zero-order valence-corrected chi connectivity index (χ0v) is 23.4. The van der Waals surface area contributed by atoms with Crippen molar-refractivity contribution in [2.75, 3.05) is 5.75 Å². The molecule has 1 N–H and O–H groups in total. The highest BCUT2D eigenvalue weighted by Crippen LogP contribution is 2.25. The maximum atomic E-state index is 13.7. The number of benzene rings is 3. The Bertz CT molecular complexity index is 1220. The van der Waals surface area contributed by atoms with E-state index in [9.17, 15) is 14.0 Å². The first-order valence-corrected chi connectivity index (χ1v) is 14.7. The van der Waals surface area contributed by atoms with E-state index in [2.05, 4.69) is 5.32 Å². The average molecular weight is 574 g/mol. The first-order valence-electron chi connectivity index (χ1n) is 12.8. The predicted molar refractivity (Wildman–Crippen MR) is 154 cm³/mol. The first-order chi connectivity index (χ1) is 18.4. The quantitative estimate of drug-likeness (QED) is 0.267. The molecule has 1 fully saturated rings. The second kappa shape index (κ2) is 14.0. The number of halogens is 3. The molecule has 1 aliphatic carbocycles. The van der Waals surface area contributed by atoms with Gasteiger partial charge in [-0.15, -0.1) is 11.8 Å². The molecule has 0 bridgehead atoms. The Morgan fingerprint density at radius 1 is 0.921 bits per heavy atom. The molecule has 4 rings (SSSR count). The van der Waals surface area contributed by atoms with Crippen LogP contribution >= 0.6 is 35.0 Å². The van der Waals surface area contributed by atoms with E-state index in [0.29, 0.717) is 22.2 Å². The van der Waals surface area contributed by atoms with E-state index in [4.69, 9.17) is 23.2 Å². The summed E-state index contributed by atoms with van der Waals surface area (Å²) in [6.45, 7) is 0.210. The Morgan fingerprint density at radius 2 is 1.61 bits per heavy atom. The number of hydrogen-bond donors (Lipinski definition) is 1. The van der Waals surface area contributed by atoms with Crippen molar-refractivity contribution in [3.8, 4) is 0 Å². The third-order valence-corrected chi connectivity index (χ3v) is 8.44. The van der Waals surface area contributed by atoms with E-state index in [1.807, 2.05) is 36.4 Å². The van der Waals surface area contributed by atoms with Gasteiger partial charge in [-0.25, -0.2) is 4.39 Å². The van der Waals surface area contributed by atoms with Crippen molar-refractivity contribution in [2.24, 2.45) is 0 Å². The Balaban J connectivity index is 1.55. The standard InChI is InChI=1S/C30H31Cl2FN2O2S/c31-26-15-12-23(16-27(26)32)19-38-20-29(36)35(18-22-10-13-24(33)14-11-22)28(17-21-6-2-1-3-7-21)30(37)34-25-8-4-5-9-25/h1-3,6-7,10-16,25,28H,4-5,8-9,17-20H2,(H,34,37)/t28-/m1/s1. The second-order valence-corrected chi connectivity index (χ2v) is 11.4. The molecule has 0 aliphatic heterocycles. The van der Waals surface area contributed by atoms with Crippen molar-refractivity contribution < 1.29 is 14.0 Å². The molecule has 2 amide bonds. The number of nitrogens with one attached hydrogen (secondary N) is 1. The highest BCUT2D eigenvalue weighted by atomic mass is 35.5. The van der Waals surface area contributed by atoms with Gasteiger partial charge in [-0.2, -0.15) is 0 Å². The molecule has 0 aromatic heterocycles. The summed E-state index contributed by atoms with van der Waals surface area (Å²) in [5.74, 6) is 0.116. The second-order valence-electron chi connectivity index (χ2n) is 9.58. The minimum Gasteiger partial charge on any atom is -0.352 e. The highest BCUT2D eigenvalue weighted by molar-refractivity contribution is 7.99. The topological polar surface area (TPSA) is 49.4 Å². The fourth-order valence-electron chi connectivity index (χ4n) is 4.68. The van der Waals surface area contributed by atoms with Crippen LogP contribution in [0.25, 0.3) is 0 Å². The van der Waals surface area contributed by atoms with Crippen LogP contribution in [0.15, 0.2) is 72.8 Å². The zero-order valence-electron chi connectivity index (χ0n) is 21.0. The Labute approximate surface area is 237 Å². The maximum absolute atomic E-state index is 13.7. The van der Waals surface area contributed by atoms with Gasteiger partial charge in [-0.3, -0.25) is 9.59 Å². The number of thioether (sulfide) groups is 1. The van der Waals surface area contributed by atoms with E-state index < -0.39 is 6.04 Å². The molecule has 8 heteroatoms. The van der Waals surface area contributed by atoms with Gasteiger partial charge >= 0.3 is 0 Å². The fourth-order valence-corrected chi connectivity index (χ4v) is 5.85. The molecular weight excluding hydrogens is 542 g/mol. The lowest BCUT2D eigenvalue weighted by molar-refractivity contribution is -0.139. The van der Waals surface area contributed by atoms with Gasteiger partial charge in [0, 0.05) is 24.8 Å². The molecule has 1 aliphatic rings. The van der Waals surface area contributed by atoms with Gasteiger partial charge in [0.05, 0.1) is 15.8 Å². The maximum Gasteiger partial charge on any atom is 0.243 e. The summed E-state index contributed by atoms with van der Waals surface area (Å²) in [5.41, 5.74) is 2.70. The molecule has 0 radical (unpaired) electrons. The number of amides is 2. The number of nitrogens with zero attached hydrogens (tertiary/aromatic N) is 1. The van der Waals surface area contributed by atoms with Gasteiger partial charge in [0.2, 0.25) is 11.8 Å². The normalized spacial score (nSPS) is 14.3. The number of carbonyl (C=O) groups excluding carboxylic acids is 2. The zero-order chi connectivity index (χ0) is 26.9. The molecule has 38 heavy (non-hydrogen) atoms. The van der Waals surface area contributed by atoms with E-state index >= 15 is 0 Å². The van der Waals surface area contributed by atoms with Crippen LogP contribution in [0.5, 0.6) is 0 Å². The predicted octanol–water partition coefficient (Wildman–Crippen LogP) is 7.06. The van der Waals surface area contributed by atoms with Crippen LogP contribution in [-0.4, -0.2) is 34.6 Å². The molecule has 3 aromatic rings. The lowest BCUT2D eigenvalue weighted by atomic mass is 10.0. The summed E-state index contributed by atoms with van der Waals surface area (Å²) in [4.78, 5) is 29.0. The van der Waals surface area contributed by atoms with Crippen molar-refractivity contribution in [1.82, 2.24) is 10.2 Å². The number of rotatable bonds is 11. The number of hydrogen-bond acceptors (Lipinski definition) is 3. The van der Waals surface area contributed by atoms with Crippen LogP contribution in [0.1, 0.15) is 42.4 Å². The van der Waals surface area contributed by atoms with Gasteiger partial charge in [-0.05, 0) is 53.8 Å². The first kappa shape index (κ1) is 28.5. The molecule has 0 spiro atoms. The van der Waals surface area contributed by atoms with E-state index in [0.717, 1.165) is 42.4 Å². The van der Waals surface area contributed by atoms with E-state index in [1.54, 1.807) is 29.2 Å². The molecule has 200 valence electrons. The molecule has 3 aromatic carbocycles. The van der Waals surface area contributed by atoms with E-state index in [1.165, 1.54) is 23.9 Å². The van der Waals surface area contributed by atoms with Crippen LogP contribution in [0.4, 0.5) is 4.39 Å². The summed E-state index contributed by atoms with van der Waals surface area (Å²) in [6, 6.07) is 20.7. The molecule has 1 atom stereocenters. The van der Waals surface area contributed by atoms with Gasteiger partial charge in [0.15, 0.2) is 0 Å². The molecule has 0 saturated heterocycles. The Kier molecular flexibility index (Phi) is 10.5. The van der Waals surface area contributed by atoms with Crippen LogP contribution < -0.4 is 5.32 Å². The molecule has 4 nitrogen and oxygen atoms in total. The molecule has 0 heterocycles. The molecule has 0 unspecified atom stereocenters. The van der Waals surface area contributed by atoms with Gasteiger partial charge in [0.1, 0.15) is 11.9 Å². The summed E-state index contributed by atoms with van der Waals surface area (Å²) >= 11 is 13.6. The molecule has 1 saturated carbocycles. The summed E-state index contributed by atoms with van der Waals surface area (Å²) in [7, 11) is 0. The SMILES string of the molecule is O=C(NC1CCCC1)[C@@H](Cc1ccccc1)N(Cc1ccc(F)cc1)C(=O)CSCc1ccc(Cl)c(Cl)c1. The monoisotopic (exact) mass is 572 g/mol. The van der Waals surface area contributed by atoms with Gasteiger partial charge in [0.25, 0.3) is 0 Å². The van der Waals surface area contributed by atoms with Crippen molar-refractivity contribution in [2.45, 2.75) is 56.5 Å². The summed E-state index contributed by atoms with van der Waals surface area (Å²) < 4.78 is 13.6. The Hall–Kier alpha value is -2.54. The Morgan fingerprint density at radius 3 is 2.29 bits per heavy atom. The van der Waals surface area contributed by atoms with Crippen molar-refractivity contribution in [1.29, 1.82) is 0 Å². The van der Waals surface area contributed by atoms with Gasteiger partial charge < -0.3 is 10.2 Å². The van der Waals surface area contributed by atoms with Crippen LogP contribution in [0.2, 0.25) is 10.0 Å². The smallest absolute Gasteiger partial charge is 0.243 e. The van der Waals surface area contributed by atoms with E-state index in [-0.39, 0.29) is 36.0 Å². The minimum atomic E-state index is -0.693. The summed E-state index contributed by atoms with van der Waals surface area (Å²) in [5, 5.41) is 4.15. The van der Waals surface area contributed by atoms with Crippen LogP contribution in [0, 0.1) is 5.82 Å². The third kappa shape index (κ3) is 8.23. The third-order valence-electron chi connectivity index (χ3n) is 6.72. The summed E-state index contributed by atoms with van der Waals surface area (Å²) in [6.07, 6.45) is 4.49.